The first-order chi connectivity index (χ1) is 4.74. The van der Waals surface area contributed by atoms with Gasteiger partial charge in [0.1, 0.15) is 0 Å². The highest BCUT2D eigenvalue weighted by Gasteiger charge is 2.07. The van der Waals surface area contributed by atoms with E-state index in [4.69, 9.17) is 0 Å². The summed E-state index contributed by atoms with van der Waals surface area (Å²) >= 11 is 0. The molecule has 1 aliphatic carbocycles. The van der Waals surface area contributed by atoms with Crippen LogP contribution in [0, 0.1) is 0 Å². The van der Waals surface area contributed by atoms with Gasteiger partial charge in [-0.2, -0.15) is 0 Å². The molecule has 10 heavy (non-hydrogen) atoms. The number of nitrogens with one attached hydrogen (secondary N) is 1. The molecule has 56 valence electrons. The van der Waals surface area contributed by atoms with Crippen LogP contribution in [0.25, 0.3) is 0 Å². The van der Waals surface area contributed by atoms with E-state index in [-0.39, 0.29) is 0 Å². The summed E-state index contributed by atoms with van der Waals surface area (Å²) in [4.78, 5) is 0. The first-order valence-corrected chi connectivity index (χ1v) is 3.74. The Labute approximate surface area is 62.8 Å². The van der Waals surface area contributed by atoms with Crippen molar-refractivity contribution in [3.63, 3.8) is 0 Å². The second-order valence-corrected chi connectivity index (χ2v) is 2.97. The zero-order valence-electron chi connectivity index (χ0n) is 6.99. The molecule has 0 aliphatic heterocycles. The molecule has 1 N–H and O–H groups in total. The van der Waals surface area contributed by atoms with Crippen molar-refractivity contribution >= 4 is 0 Å². The summed E-state index contributed by atoms with van der Waals surface area (Å²) in [6, 6.07) is 0. The number of likely N-dealkylation sites (N-methyl/N-ethyl adjacent to an activating group) is 1. The Bertz CT molecular complexity index is 187. The molecule has 0 aromatic rings. The molecular weight excluding hydrogens is 122 g/mol. The van der Waals surface area contributed by atoms with Gasteiger partial charge in [-0.05, 0) is 27.3 Å². The molecule has 0 radical (unpaired) electrons. The van der Waals surface area contributed by atoms with E-state index in [1.165, 1.54) is 23.1 Å². The fraction of sp³-hybridized carbons (Fsp3) is 0.556. The van der Waals surface area contributed by atoms with Crippen molar-refractivity contribution in [2.75, 3.05) is 13.6 Å². The van der Waals surface area contributed by atoms with E-state index >= 15 is 0 Å². The lowest BCUT2D eigenvalue weighted by molar-refractivity contribution is 0.859. The predicted octanol–water partition coefficient (Wildman–Crippen LogP) is 1.87. The average Bonchev–Trinajstić information content (AvgIpc) is 2.14. The molecule has 0 fully saturated rings. The Morgan fingerprint density at radius 1 is 1.50 bits per heavy atom. The Morgan fingerprint density at radius 3 is 2.60 bits per heavy atom. The van der Waals surface area contributed by atoms with E-state index in [9.17, 15) is 0 Å². The van der Waals surface area contributed by atoms with Crippen molar-refractivity contribution in [1.82, 2.24) is 5.32 Å². The van der Waals surface area contributed by atoms with Crippen LogP contribution in [0.5, 0.6) is 0 Å². The zero-order valence-corrected chi connectivity index (χ0v) is 6.99. The fourth-order valence-electron chi connectivity index (χ4n) is 1.30. The van der Waals surface area contributed by atoms with Gasteiger partial charge in [0.15, 0.2) is 0 Å². The molecule has 1 rings (SSSR count). The highest BCUT2D eigenvalue weighted by Crippen LogP contribution is 2.23. The van der Waals surface area contributed by atoms with E-state index in [0.29, 0.717) is 0 Å². The van der Waals surface area contributed by atoms with Crippen LogP contribution in [0.1, 0.15) is 20.3 Å². The van der Waals surface area contributed by atoms with Gasteiger partial charge in [0.05, 0.1) is 0 Å². The van der Waals surface area contributed by atoms with Gasteiger partial charge < -0.3 is 5.32 Å². The minimum atomic E-state index is 1.04. The molecule has 0 aromatic heterocycles. The van der Waals surface area contributed by atoms with Gasteiger partial charge in [-0.25, -0.2) is 0 Å². The van der Waals surface area contributed by atoms with Crippen molar-refractivity contribution in [2.24, 2.45) is 0 Å². The van der Waals surface area contributed by atoms with Gasteiger partial charge >= 0.3 is 0 Å². The van der Waals surface area contributed by atoms with Crippen LogP contribution >= 0.6 is 0 Å². The number of hydrogen-bond acceptors (Lipinski definition) is 1. The fourth-order valence-corrected chi connectivity index (χ4v) is 1.30. The summed E-state index contributed by atoms with van der Waals surface area (Å²) in [7, 11) is 1.99. The molecule has 0 amide bonds. The van der Waals surface area contributed by atoms with E-state index in [1.807, 2.05) is 7.05 Å². The topological polar surface area (TPSA) is 12.0 Å². The van der Waals surface area contributed by atoms with Gasteiger partial charge in [0.2, 0.25) is 0 Å². The summed E-state index contributed by atoms with van der Waals surface area (Å²) in [5, 5.41) is 3.16. The van der Waals surface area contributed by atoms with Crippen LogP contribution < -0.4 is 5.32 Å². The van der Waals surface area contributed by atoms with Gasteiger partial charge in [-0.15, -0.1) is 0 Å². The lowest BCUT2D eigenvalue weighted by atomic mass is 10.1. The maximum absolute atomic E-state index is 3.16. The second kappa shape index (κ2) is 3.02. The summed E-state index contributed by atoms with van der Waals surface area (Å²) in [6.07, 6.45) is 3.46. The molecule has 1 aliphatic rings. The zero-order chi connectivity index (χ0) is 7.56. The normalized spacial score (nSPS) is 18.1. The molecule has 0 saturated carbocycles. The molecule has 0 aromatic carbocycles. The number of rotatable bonds is 2. The van der Waals surface area contributed by atoms with Gasteiger partial charge in [0.25, 0.3) is 0 Å². The molecule has 0 saturated heterocycles. The van der Waals surface area contributed by atoms with Crippen LogP contribution in [0.3, 0.4) is 0 Å². The lowest BCUT2D eigenvalue weighted by Gasteiger charge is -1.98. The predicted molar refractivity (Wildman–Crippen MR) is 45.0 cm³/mol. The number of hydrogen-bond donors (Lipinski definition) is 1. The van der Waals surface area contributed by atoms with Gasteiger partial charge in [-0.3, -0.25) is 0 Å². The van der Waals surface area contributed by atoms with Crippen molar-refractivity contribution in [3.8, 4) is 0 Å². The lowest BCUT2D eigenvalue weighted by Crippen LogP contribution is -2.09. The third kappa shape index (κ3) is 1.48. The Hall–Kier alpha value is -0.560. The summed E-state index contributed by atoms with van der Waals surface area (Å²) in [6.45, 7) is 5.42. The minimum Gasteiger partial charge on any atom is -0.316 e. The molecule has 0 heterocycles. The number of allylic oxidation sites excluding steroid dienone is 3. The van der Waals surface area contributed by atoms with Crippen molar-refractivity contribution in [1.29, 1.82) is 0 Å². The highest BCUT2D eigenvalue weighted by molar-refractivity contribution is 5.37. The maximum Gasteiger partial charge on any atom is 0.0168 e. The molecule has 0 unspecified atom stereocenters. The first kappa shape index (κ1) is 7.55. The third-order valence-electron chi connectivity index (χ3n) is 1.99. The van der Waals surface area contributed by atoms with E-state index in [2.05, 4.69) is 25.2 Å². The summed E-state index contributed by atoms with van der Waals surface area (Å²) < 4.78 is 0. The summed E-state index contributed by atoms with van der Waals surface area (Å²) in [5.41, 5.74) is 4.48. The molecule has 0 atom stereocenters. The smallest absolute Gasteiger partial charge is 0.0168 e. The van der Waals surface area contributed by atoms with Crippen LogP contribution in [0.2, 0.25) is 0 Å². The van der Waals surface area contributed by atoms with Crippen LogP contribution in [0.4, 0.5) is 0 Å². The molecule has 1 nitrogen and oxygen atoms in total. The van der Waals surface area contributed by atoms with Gasteiger partial charge in [0, 0.05) is 6.54 Å². The van der Waals surface area contributed by atoms with E-state index < -0.39 is 0 Å². The SMILES string of the molecule is CNCC1=CC(C)=C(C)C1. The molecule has 1 heteroatoms. The van der Waals surface area contributed by atoms with Crippen molar-refractivity contribution in [3.05, 3.63) is 22.8 Å². The Kier molecular flexibility index (Phi) is 2.28. The standard InChI is InChI=1S/C9H15N/c1-7-4-9(6-10-3)5-8(7)2/h4,10H,5-6H2,1-3H3. The van der Waals surface area contributed by atoms with Crippen LogP contribution in [-0.4, -0.2) is 13.6 Å². The summed E-state index contributed by atoms with van der Waals surface area (Å²) in [5.74, 6) is 0. The monoisotopic (exact) mass is 137 g/mol. The minimum absolute atomic E-state index is 1.04. The first-order valence-electron chi connectivity index (χ1n) is 3.74. The van der Waals surface area contributed by atoms with Crippen LogP contribution in [-0.2, 0) is 0 Å². The van der Waals surface area contributed by atoms with E-state index in [0.717, 1.165) is 6.54 Å². The highest BCUT2D eigenvalue weighted by atomic mass is 14.8. The quantitative estimate of drug-likeness (QED) is 0.612. The second-order valence-electron chi connectivity index (χ2n) is 2.97. The van der Waals surface area contributed by atoms with Crippen molar-refractivity contribution < 1.29 is 0 Å². The molecule has 0 spiro atoms. The van der Waals surface area contributed by atoms with Crippen molar-refractivity contribution in [2.45, 2.75) is 20.3 Å². The molecule has 0 bridgehead atoms. The van der Waals surface area contributed by atoms with Crippen LogP contribution in [0.15, 0.2) is 22.8 Å². The van der Waals surface area contributed by atoms with E-state index in [1.54, 1.807) is 0 Å². The third-order valence-corrected chi connectivity index (χ3v) is 1.99. The Morgan fingerprint density at radius 2 is 2.20 bits per heavy atom. The largest absolute Gasteiger partial charge is 0.316 e. The van der Waals surface area contributed by atoms with Gasteiger partial charge in [-0.1, -0.05) is 22.8 Å². The molecular formula is C9H15N. The Balaban J connectivity index is 2.52. The maximum atomic E-state index is 3.16. The average molecular weight is 137 g/mol.